The molecule has 35 heavy (non-hydrogen) atoms. The van der Waals surface area contributed by atoms with Crippen molar-refractivity contribution in [3.63, 3.8) is 0 Å². The second-order valence-corrected chi connectivity index (χ2v) is 9.11. The van der Waals surface area contributed by atoms with Crippen LogP contribution in [-0.4, -0.2) is 72.5 Å². The average molecular weight is 495 g/mol. The van der Waals surface area contributed by atoms with Crippen LogP contribution < -0.4 is 20.3 Å². The maximum absolute atomic E-state index is 13.0. The van der Waals surface area contributed by atoms with Crippen LogP contribution in [0.25, 0.3) is 10.9 Å². The largest absolute Gasteiger partial charge is 0.486 e. The Morgan fingerprint density at radius 2 is 1.77 bits per heavy atom. The molecule has 184 valence electrons. The third kappa shape index (κ3) is 5.93. The summed E-state index contributed by atoms with van der Waals surface area (Å²) in [6.07, 6.45) is 0. The van der Waals surface area contributed by atoms with Gasteiger partial charge in [-0.1, -0.05) is 30.3 Å². The molecule has 1 fully saturated rings. The van der Waals surface area contributed by atoms with Crippen molar-refractivity contribution in [3.05, 3.63) is 70.0 Å². The summed E-state index contributed by atoms with van der Waals surface area (Å²) in [4.78, 5) is 20.4. The van der Waals surface area contributed by atoms with E-state index in [2.05, 4.69) is 32.2 Å². The number of aromatic nitrogens is 1. The van der Waals surface area contributed by atoms with E-state index in [1.165, 1.54) is 0 Å². The Labute approximate surface area is 209 Å². The maximum atomic E-state index is 13.0. The van der Waals surface area contributed by atoms with Gasteiger partial charge in [-0.05, 0) is 29.9 Å². The van der Waals surface area contributed by atoms with Crippen molar-refractivity contribution in [2.75, 3.05) is 52.6 Å². The van der Waals surface area contributed by atoms with Crippen molar-refractivity contribution in [2.24, 2.45) is 0 Å². The second-order valence-electron chi connectivity index (χ2n) is 8.73. The average Bonchev–Trinajstić information content (AvgIpc) is 2.90. The van der Waals surface area contributed by atoms with Gasteiger partial charge in [0, 0.05) is 49.7 Å². The fraction of sp³-hybridized carbons (Fsp3) is 0.385. The van der Waals surface area contributed by atoms with Crippen LogP contribution in [0.5, 0.6) is 11.5 Å². The molecule has 2 aliphatic heterocycles. The molecule has 1 aromatic heterocycles. The quantitative estimate of drug-likeness (QED) is 0.485. The van der Waals surface area contributed by atoms with Crippen LogP contribution in [-0.2, 0) is 17.8 Å². The normalized spacial score (nSPS) is 15.7. The SMILES string of the molecule is O=c1[nH]c2cc3c(cc2cc1CN(CCN1CCOCC1)C(=S)NCc1ccccc1)OCCO3. The predicted octanol–water partition coefficient (Wildman–Crippen LogP) is 2.51. The van der Waals surface area contributed by atoms with Gasteiger partial charge in [0.15, 0.2) is 16.6 Å². The van der Waals surface area contributed by atoms with Gasteiger partial charge in [-0.25, -0.2) is 0 Å². The van der Waals surface area contributed by atoms with Crippen molar-refractivity contribution in [1.82, 2.24) is 20.1 Å². The molecule has 5 rings (SSSR count). The summed E-state index contributed by atoms with van der Waals surface area (Å²) in [7, 11) is 0. The maximum Gasteiger partial charge on any atom is 0.253 e. The number of nitrogens with one attached hydrogen (secondary N) is 2. The highest BCUT2D eigenvalue weighted by molar-refractivity contribution is 7.80. The Hall–Kier alpha value is -3.14. The van der Waals surface area contributed by atoms with Crippen LogP contribution in [0.2, 0.25) is 0 Å². The van der Waals surface area contributed by atoms with Gasteiger partial charge in [0.2, 0.25) is 0 Å². The number of benzene rings is 2. The number of ether oxygens (including phenoxy) is 3. The number of hydrogen-bond acceptors (Lipinski definition) is 6. The molecule has 0 saturated carbocycles. The zero-order chi connectivity index (χ0) is 24.0. The Bertz CT molecular complexity index is 1230. The Morgan fingerprint density at radius 1 is 1.03 bits per heavy atom. The summed E-state index contributed by atoms with van der Waals surface area (Å²) < 4.78 is 16.9. The zero-order valence-electron chi connectivity index (χ0n) is 19.6. The number of H-pyrrole nitrogens is 1. The topological polar surface area (TPSA) is 79.1 Å². The molecular formula is C26H30N4O4S. The van der Waals surface area contributed by atoms with Gasteiger partial charge in [0.05, 0.1) is 25.3 Å². The molecule has 0 spiro atoms. The molecule has 8 nitrogen and oxygen atoms in total. The first-order valence-electron chi connectivity index (χ1n) is 12.0. The Balaban J connectivity index is 1.35. The molecule has 0 bridgehead atoms. The molecule has 0 aliphatic carbocycles. The molecule has 9 heteroatoms. The summed E-state index contributed by atoms with van der Waals surface area (Å²) in [5, 5.41) is 4.90. The van der Waals surface area contributed by atoms with E-state index in [0.717, 1.165) is 49.3 Å². The van der Waals surface area contributed by atoms with Gasteiger partial charge in [-0.3, -0.25) is 9.69 Å². The van der Waals surface area contributed by atoms with Crippen LogP contribution >= 0.6 is 12.2 Å². The van der Waals surface area contributed by atoms with Crippen molar-refractivity contribution in [2.45, 2.75) is 13.1 Å². The lowest BCUT2D eigenvalue weighted by atomic mass is 10.1. The van der Waals surface area contributed by atoms with E-state index in [0.29, 0.717) is 55.0 Å². The summed E-state index contributed by atoms with van der Waals surface area (Å²) in [5.41, 5.74) is 2.41. The van der Waals surface area contributed by atoms with Crippen LogP contribution in [0.15, 0.2) is 53.3 Å². The number of nitrogens with zero attached hydrogens (tertiary/aromatic N) is 2. The third-order valence-electron chi connectivity index (χ3n) is 6.31. The van der Waals surface area contributed by atoms with E-state index in [9.17, 15) is 4.79 Å². The summed E-state index contributed by atoms with van der Waals surface area (Å²) in [6, 6.07) is 15.8. The van der Waals surface area contributed by atoms with Crippen LogP contribution in [0.1, 0.15) is 11.1 Å². The number of aromatic amines is 1. The summed E-state index contributed by atoms with van der Waals surface area (Å²) in [5.74, 6) is 1.36. The first-order valence-corrected chi connectivity index (χ1v) is 12.4. The van der Waals surface area contributed by atoms with Crippen molar-refractivity contribution in [3.8, 4) is 11.5 Å². The van der Waals surface area contributed by atoms with Gasteiger partial charge in [-0.15, -0.1) is 0 Å². The highest BCUT2D eigenvalue weighted by Gasteiger charge is 2.18. The van der Waals surface area contributed by atoms with Gasteiger partial charge < -0.3 is 29.4 Å². The van der Waals surface area contributed by atoms with E-state index < -0.39 is 0 Å². The minimum atomic E-state index is -0.128. The van der Waals surface area contributed by atoms with E-state index in [-0.39, 0.29) is 5.56 Å². The van der Waals surface area contributed by atoms with Crippen LogP contribution in [0.3, 0.4) is 0 Å². The Morgan fingerprint density at radius 3 is 2.54 bits per heavy atom. The highest BCUT2D eigenvalue weighted by Crippen LogP contribution is 2.33. The molecule has 3 heterocycles. The molecular weight excluding hydrogens is 464 g/mol. The predicted molar refractivity (Wildman–Crippen MR) is 139 cm³/mol. The fourth-order valence-corrected chi connectivity index (χ4v) is 4.56. The lowest BCUT2D eigenvalue weighted by molar-refractivity contribution is 0.0357. The number of fused-ring (bicyclic) bond motifs is 2. The summed E-state index contributed by atoms with van der Waals surface area (Å²) in [6.45, 7) is 6.92. The van der Waals surface area contributed by atoms with Crippen molar-refractivity contribution >= 4 is 28.2 Å². The summed E-state index contributed by atoms with van der Waals surface area (Å²) >= 11 is 5.78. The van der Waals surface area contributed by atoms with Gasteiger partial charge in [0.25, 0.3) is 5.56 Å². The third-order valence-corrected chi connectivity index (χ3v) is 6.71. The molecule has 2 aliphatic rings. The molecule has 1 saturated heterocycles. The van der Waals surface area contributed by atoms with E-state index in [1.54, 1.807) is 0 Å². The standard InChI is InChI=1S/C26H30N4O4S/c31-25-21(14-20-15-23-24(16-22(20)28-25)34-13-12-33-23)18-30(7-6-29-8-10-32-11-9-29)26(35)27-17-19-4-2-1-3-5-19/h1-5,14-16H,6-13,17-18H2,(H,27,35)(H,28,31). The first kappa shape index (κ1) is 23.6. The number of rotatable bonds is 7. The second kappa shape index (κ2) is 11.1. The minimum absolute atomic E-state index is 0.128. The van der Waals surface area contributed by atoms with Crippen molar-refractivity contribution in [1.29, 1.82) is 0 Å². The zero-order valence-corrected chi connectivity index (χ0v) is 20.4. The molecule has 0 unspecified atom stereocenters. The van der Waals surface area contributed by atoms with Crippen molar-refractivity contribution < 1.29 is 14.2 Å². The highest BCUT2D eigenvalue weighted by atomic mass is 32.1. The van der Waals surface area contributed by atoms with E-state index in [1.807, 2.05) is 36.4 Å². The van der Waals surface area contributed by atoms with E-state index >= 15 is 0 Å². The molecule has 0 amide bonds. The lowest BCUT2D eigenvalue weighted by Gasteiger charge is -2.31. The lowest BCUT2D eigenvalue weighted by Crippen LogP contribution is -2.46. The molecule has 0 radical (unpaired) electrons. The first-order chi connectivity index (χ1) is 17.2. The fourth-order valence-electron chi connectivity index (χ4n) is 4.34. The number of morpholine rings is 1. The van der Waals surface area contributed by atoms with Crippen LogP contribution in [0, 0.1) is 0 Å². The number of thiocarbonyl (C=S) groups is 1. The van der Waals surface area contributed by atoms with Crippen LogP contribution in [0.4, 0.5) is 0 Å². The smallest absolute Gasteiger partial charge is 0.253 e. The number of pyridine rings is 1. The molecule has 2 N–H and O–H groups in total. The molecule has 3 aromatic rings. The molecule has 0 atom stereocenters. The molecule has 2 aromatic carbocycles. The van der Waals surface area contributed by atoms with Gasteiger partial charge in [-0.2, -0.15) is 0 Å². The Kier molecular flexibility index (Phi) is 7.46. The van der Waals surface area contributed by atoms with E-state index in [4.69, 9.17) is 26.4 Å². The monoisotopic (exact) mass is 494 g/mol. The minimum Gasteiger partial charge on any atom is -0.486 e. The van der Waals surface area contributed by atoms with Gasteiger partial charge >= 0.3 is 0 Å². The van der Waals surface area contributed by atoms with Gasteiger partial charge in [0.1, 0.15) is 13.2 Å². The number of hydrogen-bond donors (Lipinski definition) is 2.